The second-order valence-corrected chi connectivity index (χ2v) is 6.67. The summed E-state index contributed by atoms with van der Waals surface area (Å²) < 4.78 is 36.0. The van der Waals surface area contributed by atoms with Gasteiger partial charge in [0.05, 0.1) is 23.8 Å². The lowest BCUT2D eigenvalue weighted by Gasteiger charge is -2.17. The summed E-state index contributed by atoms with van der Waals surface area (Å²) in [6.45, 7) is 0.978. The average Bonchev–Trinajstić information content (AvgIpc) is 2.96. The summed E-state index contributed by atoms with van der Waals surface area (Å²) in [6, 6.07) is 4.48. The highest BCUT2D eigenvalue weighted by atomic mass is 35.5. The molecule has 0 N–H and O–H groups in total. The lowest BCUT2D eigenvalue weighted by Crippen LogP contribution is -2.33. The zero-order valence-corrected chi connectivity index (χ0v) is 12.0. The van der Waals surface area contributed by atoms with Crippen molar-refractivity contribution in [2.75, 3.05) is 19.8 Å². The van der Waals surface area contributed by atoms with Crippen LogP contribution in [0.5, 0.6) is 0 Å². The Morgan fingerprint density at radius 2 is 2.00 bits per heavy atom. The van der Waals surface area contributed by atoms with E-state index in [1.165, 1.54) is 12.1 Å². The third-order valence-corrected chi connectivity index (χ3v) is 5.54. The minimum Gasteiger partial charge on any atom is -0.350 e. The van der Waals surface area contributed by atoms with Crippen molar-refractivity contribution in [3.63, 3.8) is 0 Å². The van der Waals surface area contributed by atoms with Gasteiger partial charge in [0, 0.05) is 13.0 Å². The number of fused-ring (bicyclic) bond motifs is 1. The summed E-state index contributed by atoms with van der Waals surface area (Å²) >= 11 is 5.90. The van der Waals surface area contributed by atoms with Crippen LogP contribution in [0.25, 0.3) is 0 Å². The molecule has 0 aliphatic carbocycles. The lowest BCUT2D eigenvalue weighted by molar-refractivity contribution is -0.0477. The zero-order valence-electron chi connectivity index (χ0n) is 10.4. The molecule has 2 aliphatic rings. The number of sulfonamides is 1. The number of halogens is 1. The maximum Gasteiger partial charge on any atom is 0.269 e. The van der Waals surface area contributed by atoms with Gasteiger partial charge in [0.15, 0.2) is 6.29 Å². The number of nitrogens with zero attached hydrogens (tertiary/aromatic N) is 1. The minimum atomic E-state index is -3.88. The Bertz CT molecular complexity index is 654. The van der Waals surface area contributed by atoms with Crippen molar-refractivity contribution in [3.05, 3.63) is 28.8 Å². The van der Waals surface area contributed by atoms with Gasteiger partial charge in [-0.05, 0) is 12.1 Å². The summed E-state index contributed by atoms with van der Waals surface area (Å²) in [7, 11) is -3.88. The number of rotatable bonds is 3. The number of carbonyl (C=O) groups excluding carboxylic acids is 1. The van der Waals surface area contributed by atoms with E-state index >= 15 is 0 Å². The van der Waals surface area contributed by atoms with Crippen molar-refractivity contribution in [3.8, 4) is 0 Å². The van der Waals surface area contributed by atoms with Crippen LogP contribution in [-0.2, 0) is 19.5 Å². The maximum atomic E-state index is 12.4. The van der Waals surface area contributed by atoms with E-state index in [0.29, 0.717) is 19.6 Å². The standard InChI is InChI=1S/C12H12ClNO5S/c13-9-3-1-2-8-11(9)20(16,17)14(12(8)15)5-4-10-18-6-7-19-10/h1-3,10H,4-7H2. The predicted molar refractivity (Wildman–Crippen MR) is 70.0 cm³/mol. The Morgan fingerprint density at radius 3 is 2.65 bits per heavy atom. The summed E-state index contributed by atoms with van der Waals surface area (Å²) in [6.07, 6.45) is -0.159. The normalized spacial score (nSPS) is 21.4. The summed E-state index contributed by atoms with van der Waals surface area (Å²) in [4.78, 5) is 12.1. The van der Waals surface area contributed by atoms with Gasteiger partial charge in [0.1, 0.15) is 4.90 Å². The molecule has 1 amide bonds. The summed E-state index contributed by atoms with van der Waals surface area (Å²) in [5.41, 5.74) is 0.116. The molecule has 0 saturated carbocycles. The van der Waals surface area contributed by atoms with Gasteiger partial charge in [0.2, 0.25) is 0 Å². The maximum absolute atomic E-state index is 12.4. The van der Waals surface area contributed by atoms with Crippen LogP contribution in [0.2, 0.25) is 5.02 Å². The van der Waals surface area contributed by atoms with Crippen LogP contribution >= 0.6 is 11.6 Å². The molecule has 0 radical (unpaired) electrons. The van der Waals surface area contributed by atoms with Gasteiger partial charge in [-0.1, -0.05) is 17.7 Å². The van der Waals surface area contributed by atoms with Crippen molar-refractivity contribution < 1.29 is 22.7 Å². The van der Waals surface area contributed by atoms with E-state index in [1.54, 1.807) is 6.07 Å². The molecule has 108 valence electrons. The molecule has 1 aromatic carbocycles. The molecular weight excluding hydrogens is 306 g/mol. The van der Waals surface area contributed by atoms with Crippen LogP contribution in [0.4, 0.5) is 0 Å². The minimum absolute atomic E-state index is 0.0108. The number of hydrogen-bond donors (Lipinski definition) is 0. The molecule has 2 heterocycles. The average molecular weight is 318 g/mol. The van der Waals surface area contributed by atoms with Crippen LogP contribution in [-0.4, -0.2) is 44.7 Å². The first-order chi connectivity index (χ1) is 9.51. The van der Waals surface area contributed by atoms with Crippen LogP contribution in [0.3, 0.4) is 0 Å². The van der Waals surface area contributed by atoms with Crippen molar-refractivity contribution in [1.82, 2.24) is 4.31 Å². The summed E-state index contributed by atoms with van der Waals surface area (Å²) in [5, 5.41) is 0.0618. The lowest BCUT2D eigenvalue weighted by atomic mass is 10.2. The fraction of sp³-hybridized carbons (Fsp3) is 0.417. The van der Waals surface area contributed by atoms with Gasteiger partial charge >= 0.3 is 0 Å². The third-order valence-electron chi connectivity index (χ3n) is 3.23. The molecule has 8 heteroatoms. The fourth-order valence-electron chi connectivity index (χ4n) is 2.31. The number of carbonyl (C=O) groups is 1. The SMILES string of the molecule is O=C1c2cccc(Cl)c2S(=O)(=O)N1CCC1OCCO1. The van der Waals surface area contributed by atoms with E-state index in [0.717, 1.165) is 4.31 Å². The molecule has 6 nitrogen and oxygen atoms in total. The monoisotopic (exact) mass is 317 g/mol. The molecule has 0 aromatic heterocycles. The second-order valence-electron chi connectivity index (χ2n) is 4.46. The molecule has 1 fully saturated rings. The molecule has 0 bridgehead atoms. The van der Waals surface area contributed by atoms with Crippen molar-refractivity contribution in [2.24, 2.45) is 0 Å². The largest absolute Gasteiger partial charge is 0.350 e. The zero-order chi connectivity index (χ0) is 14.3. The predicted octanol–water partition coefficient (Wildman–Crippen LogP) is 1.25. The number of ether oxygens (including phenoxy) is 2. The van der Waals surface area contributed by atoms with Gasteiger partial charge in [-0.3, -0.25) is 4.79 Å². The Hall–Kier alpha value is -1.15. The van der Waals surface area contributed by atoms with E-state index < -0.39 is 22.2 Å². The van der Waals surface area contributed by atoms with E-state index in [-0.39, 0.29) is 22.0 Å². The van der Waals surface area contributed by atoms with Crippen molar-refractivity contribution in [1.29, 1.82) is 0 Å². The quantitative estimate of drug-likeness (QED) is 0.839. The Kier molecular flexibility index (Phi) is 3.45. The highest BCUT2D eigenvalue weighted by Gasteiger charge is 2.42. The topological polar surface area (TPSA) is 72.9 Å². The number of benzene rings is 1. The molecule has 1 aromatic rings. The molecule has 2 aliphatic heterocycles. The first-order valence-corrected chi connectivity index (χ1v) is 7.92. The smallest absolute Gasteiger partial charge is 0.269 e. The molecule has 0 spiro atoms. The molecule has 1 saturated heterocycles. The van der Waals surface area contributed by atoms with Crippen LogP contribution in [0, 0.1) is 0 Å². The molecule has 3 rings (SSSR count). The summed E-state index contributed by atoms with van der Waals surface area (Å²) in [5.74, 6) is -0.555. The molecular formula is C12H12ClNO5S. The van der Waals surface area contributed by atoms with Crippen molar-refractivity contribution in [2.45, 2.75) is 17.6 Å². The Morgan fingerprint density at radius 1 is 1.30 bits per heavy atom. The van der Waals surface area contributed by atoms with Gasteiger partial charge < -0.3 is 9.47 Å². The highest BCUT2D eigenvalue weighted by Crippen LogP contribution is 2.35. The Labute approximate surface area is 121 Å². The molecule has 20 heavy (non-hydrogen) atoms. The van der Waals surface area contributed by atoms with Crippen LogP contribution < -0.4 is 0 Å². The van der Waals surface area contributed by atoms with E-state index in [1.807, 2.05) is 0 Å². The van der Waals surface area contributed by atoms with E-state index in [2.05, 4.69) is 0 Å². The molecule has 0 atom stereocenters. The van der Waals surface area contributed by atoms with Gasteiger partial charge in [-0.2, -0.15) is 0 Å². The van der Waals surface area contributed by atoms with Gasteiger partial charge in [-0.25, -0.2) is 12.7 Å². The fourth-order valence-corrected chi connectivity index (χ4v) is 4.41. The molecule has 0 unspecified atom stereocenters. The van der Waals surface area contributed by atoms with Gasteiger partial charge in [-0.15, -0.1) is 0 Å². The highest BCUT2D eigenvalue weighted by molar-refractivity contribution is 7.90. The third kappa shape index (κ3) is 2.10. The van der Waals surface area contributed by atoms with E-state index in [9.17, 15) is 13.2 Å². The van der Waals surface area contributed by atoms with Gasteiger partial charge in [0.25, 0.3) is 15.9 Å². The first-order valence-electron chi connectivity index (χ1n) is 6.10. The number of hydrogen-bond acceptors (Lipinski definition) is 5. The second kappa shape index (κ2) is 5.00. The first kappa shape index (κ1) is 13.8. The van der Waals surface area contributed by atoms with Crippen molar-refractivity contribution >= 4 is 27.5 Å². The van der Waals surface area contributed by atoms with Crippen LogP contribution in [0.1, 0.15) is 16.8 Å². The van der Waals surface area contributed by atoms with E-state index in [4.69, 9.17) is 21.1 Å². The van der Waals surface area contributed by atoms with Crippen LogP contribution in [0.15, 0.2) is 23.1 Å². The Balaban J connectivity index is 1.87. The number of amides is 1.